The maximum Gasteiger partial charge on any atom is 0.292 e. The number of aliphatic imine (C=N–C) groups is 1. The lowest BCUT2D eigenvalue weighted by molar-refractivity contribution is -0.383. The van der Waals surface area contributed by atoms with E-state index in [4.69, 9.17) is 0 Å². The normalized spacial score (nSPS) is 16.6. The van der Waals surface area contributed by atoms with Crippen LogP contribution in [0, 0.1) is 10.1 Å². The first-order valence-corrected chi connectivity index (χ1v) is 11.6. The lowest BCUT2D eigenvalue weighted by atomic mass is 10.1. The van der Waals surface area contributed by atoms with Gasteiger partial charge in [0, 0.05) is 19.0 Å². The monoisotopic (exact) mass is 474 g/mol. The molecular formula is C25H22N4O4S. The molecule has 1 aliphatic heterocycles. The smallest absolute Gasteiger partial charge is 0.292 e. The van der Waals surface area contributed by atoms with E-state index in [1.807, 2.05) is 60.7 Å². The molecule has 1 heterocycles. The highest BCUT2D eigenvalue weighted by Crippen LogP contribution is 2.32. The number of amides is 2. The number of nitro benzene ring substituents is 1. The molecule has 2 amide bonds. The Morgan fingerprint density at radius 2 is 1.65 bits per heavy atom. The van der Waals surface area contributed by atoms with E-state index < -0.39 is 16.1 Å². The standard InChI is InChI=1S/C25H22N4O4S/c30-23(27-20-13-7-8-14-21(20)29(32)33)17-22-24(31)28(16-15-18-9-3-1-4-10-18)25(34-22)26-19-11-5-2-6-12-19/h1-14,22H,15-17H2,(H,27,30)/t22-/m0/s1. The highest BCUT2D eigenvalue weighted by atomic mass is 32.2. The van der Waals surface area contributed by atoms with Crippen molar-refractivity contribution in [3.05, 3.63) is 101 Å². The Kier molecular flexibility index (Phi) is 7.34. The number of carbonyl (C=O) groups is 2. The zero-order valence-corrected chi connectivity index (χ0v) is 19.0. The molecule has 8 nitrogen and oxygen atoms in total. The van der Waals surface area contributed by atoms with E-state index >= 15 is 0 Å². The van der Waals surface area contributed by atoms with Crippen molar-refractivity contribution in [2.75, 3.05) is 11.9 Å². The van der Waals surface area contributed by atoms with Gasteiger partial charge in [-0.25, -0.2) is 4.99 Å². The minimum absolute atomic E-state index is 0.104. The highest BCUT2D eigenvalue weighted by molar-refractivity contribution is 8.15. The Balaban J connectivity index is 1.50. The van der Waals surface area contributed by atoms with E-state index in [0.717, 1.165) is 5.56 Å². The van der Waals surface area contributed by atoms with Gasteiger partial charge in [0.2, 0.25) is 11.8 Å². The third-order valence-electron chi connectivity index (χ3n) is 5.21. The van der Waals surface area contributed by atoms with Crippen LogP contribution in [0.15, 0.2) is 89.9 Å². The highest BCUT2D eigenvalue weighted by Gasteiger charge is 2.39. The largest absolute Gasteiger partial charge is 0.320 e. The number of benzene rings is 3. The topological polar surface area (TPSA) is 105 Å². The predicted molar refractivity (Wildman–Crippen MR) is 133 cm³/mol. The number of hydrogen-bond donors (Lipinski definition) is 1. The molecule has 0 radical (unpaired) electrons. The van der Waals surface area contributed by atoms with Crippen molar-refractivity contribution in [1.29, 1.82) is 0 Å². The van der Waals surface area contributed by atoms with Crippen molar-refractivity contribution in [1.82, 2.24) is 4.90 Å². The van der Waals surface area contributed by atoms with E-state index in [-0.39, 0.29) is 23.7 Å². The molecule has 1 atom stereocenters. The summed E-state index contributed by atoms with van der Waals surface area (Å²) < 4.78 is 0. The second-order valence-electron chi connectivity index (χ2n) is 7.59. The summed E-state index contributed by atoms with van der Waals surface area (Å²) in [6.45, 7) is 0.434. The van der Waals surface area contributed by atoms with Crippen LogP contribution in [-0.4, -0.2) is 38.6 Å². The number of amidine groups is 1. The molecule has 4 rings (SSSR count). The van der Waals surface area contributed by atoms with Gasteiger partial charge in [0.05, 0.1) is 10.6 Å². The zero-order chi connectivity index (χ0) is 23.9. The predicted octanol–water partition coefficient (Wildman–Crippen LogP) is 4.80. The SMILES string of the molecule is O=C(C[C@@H]1SC(=Nc2ccccc2)N(CCc2ccccc2)C1=O)Nc1ccccc1[N+](=O)[O-]. The van der Waals surface area contributed by atoms with Crippen LogP contribution in [0.1, 0.15) is 12.0 Å². The molecule has 1 N–H and O–H groups in total. The van der Waals surface area contributed by atoms with Crippen LogP contribution in [0.25, 0.3) is 0 Å². The van der Waals surface area contributed by atoms with Gasteiger partial charge in [-0.1, -0.05) is 72.4 Å². The van der Waals surface area contributed by atoms with Crippen molar-refractivity contribution in [3.8, 4) is 0 Å². The van der Waals surface area contributed by atoms with E-state index in [1.165, 1.54) is 30.0 Å². The third-order valence-corrected chi connectivity index (χ3v) is 6.39. The third kappa shape index (κ3) is 5.68. The quantitative estimate of drug-likeness (QED) is 0.373. The van der Waals surface area contributed by atoms with Crippen LogP contribution >= 0.6 is 11.8 Å². The first-order chi connectivity index (χ1) is 16.5. The molecule has 0 aromatic heterocycles. The van der Waals surface area contributed by atoms with Crippen molar-refractivity contribution < 1.29 is 14.5 Å². The molecule has 3 aromatic rings. The van der Waals surface area contributed by atoms with Crippen molar-refractivity contribution in [3.63, 3.8) is 0 Å². The van der Waals surface area contributed by atoms with Gasteiger partial charge in [0.25, 0.3) is 5.69 Å². The maximum atomic E-state index is 13.2. The number of nitrogens with zero attached hydrogens (tertiary/aromatic N) is 3. The Hall–Kier alpha value is -3.98. The molecule has 0 bridgehead atoms. The molecule has 0 saturated carbocycles. The molecule has 0 unspecified atom stereocenters. The molecule has 0 aliphatic carbocycles. The van der Waals surface area contributed by atoms with Crippen LogP contribution in [-0.2, 0) is 16.0 Å². The van der Waals surface area contributed by atoms with Crippen LogP contribution in [0.2, 0.25) is 0 Å². The fraction of sp³-hybridized carbons (Fsp3) is 0.160. The van der Waals surface area contributed by atoms with Gasteiger partial charge in [-0.15, -0.1) is 0 Å². The fourth-order valence-corrected chi connectivity index (χ4v) is 4.72. The number of rotatable bonds is 8. The van der Waals surface area contributed by atoms with Crippen LogP contribution in [0.3, 0.4) is 0 Å². The maximum absolute atomic E-state index is 13.2. The second-order valence-corrected chi connectivity index (χ2v) is 8.76. The first-order valence-electron chi connectivity index (χ1n) is 10.7. The van der Waals surface area contributed by atoms with E-state index in [1.54, 1.807) is 11.0 Å². The van der Waals surface area contributed by atoms with Gasteiger partial charge in [-0.3, -0.25) is 24.6 Å². The molecule has 1 fully saturated rings. The Bertz CT molecular complexity index is 1220. The fourth-order valence-electron chi connectivity index (χ4n) is 3.54. The molecule has 34 heavy (non-hydrogen) atoms. The average molecular weight is 475 g/mol. The molecule has 3 aromatic carbocycles. The summed E-state index contributed by atoms with van der Waals surface area (Å²) in [5.41, 5.74) is 1.72. The number of hydrogen-bond acceptors (Lipinski definition) is 6. The Morgan fingerprint density at radius 1 is 1.00 bits per heavy atom. The van der Waals surface area contributed by atoms with E-state index in [9.17, 15) is 19.7 Å². The van der Waals surface area contributed by atoms with Gasteiger partial charge >= 0.3 is 0 Å². The summed E-state index contributed by atoms with van der Waals surface area (Å²) in [4.78, 5) is 42.8. The summed E-state index contributed by atoms with van der Waals surface area (Å²) >= 11 is 1.24. The van der Waals surface area contributed by atoms with Crippen LogP contribution in [0.4, 0.5) is 17.1 Å². The van der Waals surface area contributed by atoms with Gasteiger partial charge < -0.3 is 5.32 Å². The molecule has 0 spiro atoms. The number of nitro groups is 1. The van der Waals surface area contributed by atoms with Gasteiger partial charge in [0.15, 0.2) is 5.17 Å². The van der Waals surface area contributed by atoms with E-state index in [2.05, 4.69) is 10.3 Å². The minimum Gasteiger partial charge on any atom is -0.320 e. The summed E-state index contributed by atoms with van der Waals surface area (Å²) in [6.07, 6.45) is 0.529. The summed E-state index contributed by atoms with van der Waals surface area (Å²) in [5.74, 6) is -0.669. The van der Waals surface area contributed by atoms with Crippen molar-refractivity contribution >= 4 is 45.8 Å². The summed E-state index contributed by atoms with van der Waals surface area (Å²) in [7, 11) is 0. The molecule has 172 valence electrons. The number of thioether (sulfide) groups is 1. The first kappa shape index (κ1) is 23.2. The molecular weight excluding hydrogens is 452 g/mol. The van der Waals surface area contributed by atoms with Crippen molar-refractivity contribution in [2.24, 2.45) is 4.99 Å². The average Bonchev–Trinajstić information content (AvgIpc) is 3.12. The minimum atomic E-state index is -0.666. The summed E-state index contributed by atoms with van der Waals surface area (Å²) in [5, 5.41) is 13.7. The van der Waals surface area contributed by atoms with Gasteiger partial charge in [0.1, 0.15) is 10.9 Å². The number of anilines is 1. The molecule has 1 saturated heterocycles. The van der Waals surface area contributed by atoms with Crippen LogP contribution in [0.5, 0.6) is 0 Å². The number of para-hydroxylation sites is 3. The summed E-state index contributed by atoms with van der Waals surface area (Å²) in [6, 6.07) is 25.1. The Labute approximate surface area is 200 Å². The molecule has 9 heteroatoms. The lowest BCUT2D eigenvalue weighted by Crippen LogP contribution is -2.35. The van der Waals surface area contributed by atoms with Crippen molar-refractivity contribution in [2.45, 2.75) is 18.1 Å². The number of carbonyl (C=O) groups excluding carboxylic acids is 2. The van der Waals surface area contributed by atoms with Crippen LogP contribution < -0.4 is 5.32 Å². The van der Waals surface area contributed by atoms with Gasteiger partial charge in [-0.05, 0) is 30.2 Å². The van der Waals surface area contributed by atoms with Gasteiger partial charge in [-0.2, -0.15) is 0 Å². The van der Waals surface area contributed by atoms with E-state index in [0.29, 0.717) is 23.8 Å². The zero-order valence-electron chi connectivity index (χ0n) is 18.2. The number of nitrogens with one attached hydrogen (secondary N) is 1. The second kappa shape index (κ2) is 10.8. The molecule has 1 aliphatic rings. The lowest BCUT2D eigenvalue weighted by Gasteiger charge is -2.16. The Morgan fingerprint density at radius 3 is 2.35 bits per heavy atom.